The van der Waals surface area contributed by atoms with Crippen LogP contribution in [0, 0.1) is 0 Å². The Balaban J connectivity index is 2.25. The van der Waals surface area contributed by atoms with Crippen LogP contribution < -0.4 is 5.32 Å². The molecule has 0 aliphatic carbocycles. The van der Waals surface area contributed by atoms with E-state index in [2.05, 4.69) is 36.3 Å². The van der Waals surface area contributed by atoms with E-state index in [1.165, 1.54) is 5.56 Å². The van der Waals surface area contributed by atoms with Gasteiger partial charge < -0.3 is 10.1 Å². The number of nitrogens with zero attached hydrogens (tertiary/aromatic N) is 1. The third-order valence-electron chi connectivity index (χ3n) is 3.36. The van der Waals surface area contributed by atoms with Gasteiger partial charge in [0.2, 0.25) is 0 Å². The van der Waals surface area contributed by atoms with E-state index < -0.39 is 0 Å². The number of methoxy groups -OCH3 is 1. The fourth-order valence-corrected chi connectivity index (χ4v) is 2.07. The van der Waals surface area contributed by atoms with Crippen LogP contribution in [0.1, 0.15) is 24.9 Å². The maximum absolute atomic E-state index is 5.91. The molecule has 0 aliphatic rings. The molecule has 0 spiro atoms. The molecule has 1 atom stereocenters. The summed E-state index contributed by atoms with van der Waals surface area (Å²) in [5.74, 6) is 0. The minimum atomic E-state index is 0.413. The van der Waals surface area contributed by atoms with Crippen molar-refractivity contribution in [3.8, 4) is 0 Å². The molecule has 0 saturated heterocycles. The van der Waals surface area contributed by atoms with E-state index >= 15 is 0 Å². The van der Waals surface area contributed by atoms with Gasteiger partial charge in [-0.25, -0.2) is 0 Å². The van der Waals surface area contributed by atoms with Gasteiger partial charge in [0.1, 0.15) is 0 Å². The second-order valence-electron chi connectivity index (χ2n) is 4.80. The topological polar surface area (TPSA) is 24.5 Å². The average molecular weight is 285 g/mol. The number of hydrogen-bond donors (Lipinski definition) is 1. The van der Waals surface area contributed by atoms with Gasteiger partial charge in [-0.2, -0.15) is 0 Å². The van der Waals surface area contributed by atoms with Gasteiger partial charge in [0.15, 0.2) is 0 Å². The molecule has 0 aromatic heterocycles. The Bertz CT molecular complexity index is 343. The summed E-state index contributed by atoms with van der Waals surface area (Å²) < 4.78 is 4.99. The Kier molecular flexibility index (Phi) is 8.07. The lowest BCUT2D eigenvalue weighted by Gasteiger charge is -2.25. The van der Waals surface area contributed by atoms with E-state index in [4.69, 9.17) is 16.3 Å². The molecule has 0 saturated carbocycles. The van der Waals surface area contributed by atoms with Crippen molar-refractivity contribution < 1.29 is 4.74 Å². The molecule has 1 unspecified atom stereocenters. The summed E-state index contributed by atoms with van der Waals surface area (Å²) in [4.78, 5) is 2.36. The van der Waals surface area contributed by atoms with Crippen LogP contribution in [0.5, 0.6) is 0 Å². The van der Waals surface area contributed by atoms with E-state index in [0.29, 0.717) is 6.04 Å². The van der Waals surface area contributed by atoms with E-state index in [9.17, 15) is 0 Å². The van der Waals surface area contributed by atoms with Crippen LogP contribution in [0.2, 0.25) is 5.02 Å². The van der Waals surface area contributed by atoms with Gasteiger partial charge in [0, 0.05) is 24.7 Å². The fourth-order valence-electron chi connectivity index (χ4n) is 1.94. The quantitative estimate of drug-likeness (QED) is 0.706. The summed E-state index contributed by atoms with van der Waals surface area (Å²) in [5, 5.41) is 4.15. The monoisotopic (exact) mass is 284 g/mol. The zero-order chi connectivity index (χ0) is 14.1. The van der Waals surface area contributed by atoms with Gasteiger partial charge >= 0.3 is 0 Å². The second-order valence-corrected chi connectivity index (χ2v) is 5.24. The predicted octanol–water partition coefficient (Wildman–Crippen LogP) is 2.96. The molecule has 0 heterocycles. The number of hydrogen-bond acceptors (Lipinski definition) is 3. The molecule has 0 bridgehead atoms. The van der Waals surface area contributed by atoms with E-state index in [0.717, 1.165) is 37.7 Å². The van der Waals surface area contributed by atoms with Crippen molar-refractivity contribution in [3.05, 3.63) is 34.9 Å². The Hall–Kier alpha value is -0.610. The molecule has 0 radical (unpaired) electrons. The molecule has 1 N–H and O–H groups in total. The van der Waals surface area contributed by atoms with Crippen molar-refractivity contribution in [3.63, 3.8) is 0 Å². The zero-order valence-electron chi connectivity index (χ0n) is 12.2. The lowest BCUT2D eigenvalue weighted by atomic mass is 10.1. The van der Waals surface area contributed by atoms with Gasteiger partial charge in [-0.3, -0.25) is 4.90 Å². The first-order chi connectivity index (χ1) is 9.15. The van der Waals surface area contributed by atoms with Crippen molar-refractivity contribution in [1.82, 2.24) is 10.2 Å². The van der Waals surface area contributed by atoms with Crippen LogP contribution in [0.4, 0.5) is 0 Å². The Labute approximate surface area is 121 Å². The maximum Gasteiger partial charge on any atom is 0.0587 e. The third-order valence-corrected chi connectivity index (χ3v) is 3.61. The Morgan fingerprint density at radius 1 is 1.26 bits per heavy atom. The molecular weight excluding hydrogens is 260 g/mol. The highest BCUT2D eigenvalue weighted by atomic mass is 35.5. The largest absolute Gasteiger partial charge is 0.383 e. The summed E-state index contributed by atoms with van der Waals surface area (Å²) in [6, 6.07) is 8.51. The Morgan fingerprint density at radius 2 is 1.95 bits per heavy atom. The molecule has 0 fully saturated rings. The first-order valence-electron chi connectivity index (χ1n) is 6.80. The second kappa shape index (κ2) is 9.32. The summed E-state index contributed by atoms with van der Waals surface area (Å²) >= 11 is 5.91. The van der Waals surface area contributed by atoms with E-state index in [1.807, 2.05) is 12.1 Å². The smallest absolute Gasteiger partial charge is 0.0587 e. The molecule has 108 valence electrons. The standard InChI is InChI=1S/C15H25ClN2O/c1-13(14-5-7-15(16)8-6-14)18(2)11-4-9-17-10-12-19-3/h5-8,13,17H,4,9-12H2,1-3H3. The molecule has 1 rings (SSSR count). The molecule has 19 heavy (non-hydrogen) atoms. The van der Waals surface area contributed by atoms with Gasteiger partial charge in [-0.15, -0.1) is 0 Å². The summed E-state index contributed by atoms with van der Waals surface area (Å²) in [7, 11) is 3.89. The number of ether oxygens (including phenoxy) is 1. The highest BCUT2D eigenvalue weighted by molar-refractivity contribution is 6.30. The highest BCUT2D eigenvalue weighted by Gasteiger charge is 2.10. The van der Waals surface area contributed by atoms with Crippen LogP contribution in [0.25, 0.3) is 0 Å². The summed E-state index contributed by atoms with van der Waals surface area (Å²) in [5.41, 5.74) is 1.30. The number of halogens is 1. The van der Waals surface area contributed by atoms with Crippen LogP contribution in [0.3, 0.4) is 0 Å². The van der Waals surface area contributed by atoms with Crippen molar-refractivity contribution in [1.29, 1.82) is 0 Å². The predicted molar refractivity (Wildman–Crippen MR) is 81.9 cm³/mol. The number of nitrogens with one attached hydrogen (secondary N) is 1. The minimum absolute atomic E-state index is 0.413. The molecule has 0 amide bonds. The molecule has 3 nitrogen and oxygen atoms in total. The summed E-state index contributed by atoms with van der Waals surface area (Å²) in [6.07, 6.45) is 1.14. The molecule has 1 aromatic carbocycles. The van der Waals surface area contributed by atoms with Crippen molar-refractivity contribution in [2.24, 2.45) is 0 Å². The van der Waals surface area contributed by atoms with E-state index in [-0.39, 0.29) is 0 Å². The minimum Gasteiger partial charge on any atom is -0.383 e. The number of rotatable bonds is 9. The molecule has 1 aromatic rings. The van der Waals surface area contributed by atoms with Gasteiger partial charge in [-0.05, 0) is 51.2 Å². The van der Waals surface area contributed by atoms with Crippen molar-refractivity contribution >= 4 is 11.6 Å². The molecule has 4 heteroatoms. The van der Waals surface area contributed by atoms with Crippen LogP contribution >= 0.6 is 11.6 Å². The van der Waals surface area contributed by atoms with Gasteiger partial charge in [0.05, 0.1) is 6.61 Å². The normalized spacial score (nSPS) is 12.9. The fraction of sp³-hybridized carbons (Fsp3) is 0.600. The van der Waals surface area contributed by atoms with Crippen molar-refractivity contribution in [2.75, 3.05) is 40.4 Å². The lowest BCUT2D eigenvalue weighted by Crippen LogP contribution is -2.27. The van der Waals surface area contributed by atoms with E-state index in [1.54, 1.807) is 7.11 Å². The highest BCUT2D eigenvalue weighted by Crippen LogP contribution is 2.20. The lowest BCUT2D eigenvalue weighted by molar-refractivity contribution is 0.198. The van der Waals surface area contributed by atoms with Crippen LogP contribution in [0.15, 0.2) is 24.3 Å². The van der Waals surface area contributed by atoms with Crippen molar-refractivity contribution in [2.45, 2.75) is 19.4 Å². The van der Waals surface area contributed by atoms with Crippen LogP contribution in [-0.2, 0) is 4.74 Å². The molecular formula is C15H25ClN2O. The number of benzene rings is 1. The Morgan fingerprint density at radius 3 is 2.58 bits per heavy atom. The maximum atomic E-state index is 5.91. The average Bonchev–Trinajstić information content (AvgIpc) is 2.42. The van der Waals surface area contributed by atoms with Gasteiger partial charge in [0.25, 0.3) is 0 Å². The third kappa shape index (κ3) is 6.39. The zero-order valence-corrected chi connectivity index (χ0v) is 12.9. The molecule has 0 aliphatic heterocycles. The SMILES string of the molecule is COCCNCCCN(C)C(C)c1ccc(Cl)cc1. The van der Waals surface area contributed by atoms with Crippen LogP contribution in [-0.4, -0.2) is 45.3 Å². The first kappa shape index (κ1) is 16.4. The first-order valence-corrected chi connectivity index (χ1v) is 7.18. The van der Waals surface area contributed by atoms with Gasteiger partial charge in [-0.1, -0.05) is 23.7 Å². The summed E-state index contributed by atoms with van der Waals surface area (Å²) in [6.45, 7) is 6.02.